The van der Waals surface area contributed by atoms with Crippen molar-refractivity contribution in [3.8, 4) is 0 Å². The Bertz CT molecular complexity index is 640. The lowest BCUT2D eigenvalue weighted by atomic mass is 9.92. The first-order chi connectivity index (χ1) is 10.3. The molecule has 4 rings (SSSR count). The summed E-state index contributed by atoms with van der Waals surface area (Å²) in [5, 5.41) is 3.06. The molecule has 6 heteroatoms. The predicted molar refractivity (Wildman–Crippen MR) is 86.0 cm³/mol. The maximum Gasteiger partial charge on any atom is 0.152 e. The minimum atomic E-state index is 0.746. The van der Waals surface area contributed by atoms with Gasteiger partial charge in [-0.2, -0.15) is 0 Å². The molecule has 21 heavy (non-hydrogen) atoms. The zero-order valence-corrected chi connectivity index (χ0v) is 12.9. The van der Waals surface area contributed by atoms with Crippen molar-refractivity contribution in [1.82, 2.24) is 14.9 Å². The minimum absolute atomic E-state index is 0.746. The van der Waals surface area contributed by atoms with Crippen LogP contribution in [-0.2, 0) is 6.54 Å². The Morgan fingerprint density at radius 2 is 2.19 bits per heavy atom. The second kappa shape index (κ2) is 5.51. The molecule has 2 aromatic heterocycles. The van der Waals surface area contributed by atoms with E-state index in [4.69, 9.17) is 10.8 Å². The molecule has 2 unspecified atom stereocenters. The second-order valence-corrected chi connectivity index (χ2v) is 7.04. The third kappa shape index (κ3) is 2.41. The van der Waals surface area contributed by atoms with E-state index in [1.54, 1.807) is 11.3 Å². The van der Waals surface area contributed by atoms with E-state index in [2.05, 4.69) is 15.3 Å². The molecule has 1 aliphatic heterocycles. The van der Waals surface area contributed by atoms with Crippen LogP contribution in [0.5, 0.6) is 0 Å². The first-order valence-electron chi connectivity index (χ1n) is 7.80. The van der Waals surface area contributed by atoms with Crippen molar-refractivity contribution in [1.29, 1.82) is 0 Å². The molecule has 2 aromatic rings. The molecule has 0 amide bonds. The summed E-state index contributed by atoms with van der Waals surface area (Å²) in [5.41, 5.74) is 2.72. The third-order valence-corrected chi connectivity index (χ3v) is 5.77. The maximum absolute atomic E-state index is 5.61. The third-order valence-electron chi connectivity index (χ3n) is 4.96. The summed E-state index contributed by atoms with van der Waals surface area (Å²) in [4.78, 5) is 13.0. The quantitative estimate of drug-likeness (QED) is 0.674. The van der Waals surface area contributed by atoms with Crippen molar-refractivity contribution >= 4 is 27.4 Å². The van der Waals surface area contributed by atoms with Crippen LogP contribution < -0.4 is 11.3 Å². The molecule has 2 atom stereocenters. The fourth-order valence-corrected chi connectivity index (χ4v) is 4.80. The lowest BCUT2D eigenvalue weighted by Crippen LogP contribution is -2.42. The molecule has 0 radical (unpaired) electrons. The zero-order chi connectivity index (χ0) is 14.2. The summed E-state index contributed by atoms with van der Waals surface area (Å²) in [6.45, 7) is 2.03. The highest BCUT2D eigenvalue weighted by Crippen LogP contribution is 2.37. The molecule has 2 fully saturated rings. The number of fused-ring (bicyclic) bond motifs is 2. The van der Waals surface area contributed by atoms with Crippen molar-refractivity contribution < 1.29 is 0 Å². The van der Waals surface area contributed by atoms with Crippen LogP contribution in [0.3, 0.4) is 0 Å². The van der Waals surface area contributed by atoms with Gasteiger partial charge < -0.3 is 5.43 Å². The highest BCUT2D eigenvalue weighted by molar-refractivity contribution is 7.16. The predicted octanol–water partition coefficient (Wildman–Crippen LogP) is 2.74. The maximum atomic E-state index is 5.61. The number of nitrogen functional groups attached to an aromatic ring is 1. The molecule has 1 aliphatic carbocycles. The van der Waals surface area contributed by atoms with Gasteiger partial charge in [0.15, 0.2) is 5.82 Å². The molecule has 1 saturated carbocycles. The topological polar surface area (TPSA) is 67.1 Å². The second-order valence-electron chi connectivity index (χ2n) is 6.14. The van der Waals surface area contributed by atoms with Crippen molar-refractivity contribution in [2.24, 2.45) is 11.8 Å². The van der Waals surface area contributed by atoms with E-state index < -0.39 is 0 Å². The summed E-state index contributed by atoms with van der Waals surface area (Å²) >= 11 is 1.65. The van der Waals surface area contributed by atoms with Gasteiger partial charge in [-0.15, -0.1) is 11.3 Å². The molecule has 0 aromatic carbocycles. The van der Waals surface area contributed by atoms with Gasteiger partial charge in [0, 0.05) is 6.04 Å². The fraction of sp³-hybridized carbons (Fsp3) is 0.600. The van der Waals surface area contributed by atoms with E-state index in [1.165, 1.54) is 38.6 Å². The summed E-state index contributed by atoms with van der Waals surface area (Å²) < 4.78 is 0. The van der Waals surface area contributed by atoms with E-state index in [0.29, 0.717) is 0 Å². The van der Waals surface area contributed by atoms with Crippen molar-refractivity contribution in [3.05, 3.63) is 17.3 Å². The van der Waals surface area contributed by atoms with Crippen molar-refractivity contribution in [2.45, 2.75) is 44.7 Å². The van der Waals surface area contributed by atoms with Gasteiger partial charge in [0.1, 0.15) is 10.7 Å². The number of hydrogen-bond acceptors (Lipinski definition) is 6. The number of hydrogen-bond donors (Lipinski definition) is 2. The molecular weight excluding hydrogens is 282 g/mol. The molecule has 3 heterocycles. The zero-order valence-electron chi connectivity index (χ0n) is 12.1. The molecule has 0 bridgehead atoms. The van der Waals surface area contributed by atoms with E-state index in [9.17, 15) is 0 Å². The minimum Gasteiger partial charge on any atom is -0.308 e. The van der Waals surface area contributed by atoms with Gasteiger partial charge in [-0.1, -0.05) is 6.42 Å². The van der Waals surface area contributed by atoms with Gasteiger partial charge in [0.25, 0.3) is 0 Å². The van der Waals surface area contributed by atoms with Gasteiger partial charge >= 0.3 is 0 Å². The molecule has 5 nitrogen and oxygen atoms in total. The summed E-state index contributed by atoms with van der Waals surface area (Å²) in [7, 11) is 0. The molecule has 0 spiro atoms. The van der Waals surface area contributed by atoms with Crippen molar-refractivity contribution in [2.75, 3.05) is 12.0 Å². The van der Waals surface area contributed by atoms with Crippen LogP contribution in [0.25, 0.3) is 10.2 Å². The Morgan fingerprint density at radius 1 is 1.29 bits per heavy atom. The van der Waals surface area contributed by atoms with Crippen LogP contribution in [0, 0.1) is 5.92 Å². The number of likely N-dealkylation sites (tertiary alicyclic amines) is 1. The molecule has 3 N–H and O–H groups in total. The molecule has 112 valence electrons. The number of piperidine rings is 1. The first-order valence-corrected chi connectivity index (χ1v) is 8.68. The number of hydrazine groups is 1. The lowest BCUT2D eigenvalue weighted by molar-refractivity contribution is 0.103. The van der Waals surface area contributed by atoms with Crippen LogP contribution in [0.15, 0.2) is 11.4 Å². The van der Waals surface area contributed by atoms with Crippen LogP contribution in [0.4, 0.5) is 5.82 Å². The van der Waals surface area contributed by atoms with Gasteiger partial charge in [-0.3, -0.25) is 4.90 Å². The van der Waals surface area contributed by atoms with Crippen LogP contribution in [0.1, 0.15) is 37.9 Å². The number of aromatic nitrogens is 2. The van der Waals surface area contributed by atoms with Gasteiger partial charge in [0.2, 0.25) is 0 Å². The standard InChI is InChI=1S/C15H21N5S/c16-19-14-11-6-8-21-15(11)18-13(17-14)9-20-7-2-4-10-3-1-5-12(10)20/h6,8,10,12H,1-5,7,9,16H2,(H,17,18,19). The van der Waals surface area contributed by atoms with Gasteiger partial charge in [0.05, 0.1) is 11.9 Å². The SMILES string of the molecule is NNc1nc(CN2CCCC3CCCC32)nc2sccc12. The monoisotopic (exact) mass is 303 g/mol. The van der Waals surface area contributed by atoms with E-state index in [-0.39, 0.29) is 0 Å². The highest BCUT2D eigenvalue weighted by atomic mass is 32.1. The number of nitrogens with one attached hydrogen (secondary N) is 1. The van der Waals surface area contributed by atoms with E-state index in [1.807, 2.05) is 11.4 Å². The Kier molecular flexibility index (Phi) is 3.52. The Labute approximate surface area is 128 Å². The summed E-state index contributed by atoms with van der Waals surface area (Å²) in [6.07, 6.45) is 6.84. The number of rotatable bonds is 3. The van der Waals surface area contributed by atoms with E-state index >= 15 is 0 Å². The highest BCUT2D eigenvalue weighted by Gasteiger charge is 2.35. The molecular formula is C15H21N5S. The molecule has 1 saturated heterocycles. The smallest absolute Gasteiger partial charge is 0.152 e. The first kappa shape index (κ1) is 13.4. The number of nitrogens with zero attached hydrogens (tertiary/aromatic N) is 3. The summed E-state index contributed by atoms with van der Waals surface area (Å²) in [5.74, 6) is 8.15. The Morgan fingerprint density at radius 3 is 3.10 bits per heavy atom. The lowest BCUT2D eigenvalue weighted by Gasteiger charge is -2.37. The largest absolute Gasteiger partial charge is 0.308 e. The van der Waals surface area contributed by atoms with Crippen LogP contribution in [-0.4, -0.2) is 27.5 Å². The number of nitrogens with two attached hydrogens (primary N) is 1. The van der Waals surface area contributed by atoms with Gasteiger partial charge in [-0.25, -0.2) is 15.8 Å². The van der Waals surface area contributed by atoms with Crippen LogP contribution >= 0.6 is 11.3 Å². The average Bonchev–Trinajstić information content (AvgIpc) is 3.15. The van der Waals surface area contributed by atoms with E-state index in [0.717, 1.165) is 40.4 Å². The normalized spacial score (nSPS) is 26.1. The Balaban J connectivity index is 1.61. The summed E-state index contributed by atoms with van der Waals surface area (Å²) in [6, 6.07) is 2.77. The van der Waals surface area contributed by atoms with Gasteiger partial charge in [-0.05, 0) is 49.6 Å². The molecule has 2 aliphatic rings. The Hall–Kier alpha value is -1.24. The number of anilines is 1. The fourth-order valence-electron chi connectivity index (χ4n) is 4.02. The van der Waals surface area contributed by atoms with Crippen molar-refractivity contribution in [3.63, 3.8) is 0 Å². The number of thiophene rings is 1. The average molecular weight is 303 g/mol. The van der Waals surface area contributed by atoms with Crippen LogP contribution in [0.2, 0.25) is 0 Å².